The highest BCUT2D eigenvalue weighted by Crippen LogP contribution is 2.41. The fraction of sp³-hybridized carbons (Fsp3) is 0.389. The van der Waals surface area contributed by atoms with E-state index in [4.69, 9.17) is 20.9 Å². The van der Waals surface area contributed by atoms with Crippen LogP contribution in [0.3, 0.4) is 0 Å². The van der Waals surface area contributed by atoms with E-state index in [1.54, 1.807) is 12.1 Å². The number of terminal acetylenes is 1. The van der Waals surface area contributed by atoms with E-state index < -0.39 is 31.7 Å². The van der Waals surface area contributed by atoms with Gasteiger partial charge in [0, 0.05) is 25.1 Å². The third-order valence-electron chi connectivity index (χ3n) is 3.70. The van der Waals surface area contributed by atoms with Crippen molar-refractivity contribution in [3.63, 3.8) is 0 Å². The van der Waals surface area contributed by atoms with Crippen LogP contribution in [-0.4, -0.2) is 40.2 Å². The molecule has 2 amide bonds. The van der Waals surface area contributed by atoms with Crippen molar-refractivity contribution in [3.05, 3.63) is 29.8 Å². The summed E-state index contributed by atoms with van der Waals surface area (Å²) in [6.07, 6.45) is 6.02. The van der Waals surface area contributed by atoms with Crippen molar-refractivity contribution >= 4 is 31.8 Å². The topological polar surface area (TPSA) is 105 Å². The van der Waals surface area contributed by atoms with E-state index in [2.05, 4.69) is 10.7 Å². The van der Waals surface area contributed by atoms with Crippen molar-refractivity contribution in [3.8, 4) is 12.1 Å². The highest BCUT2D eigenvalue weighted by molar-refractivity contribution is 7.59. The van der Waals surface area contributed by atoms with E-state index in [0.717, 1.165) is 0 Å². The van der Waals surface area contributed by atoms with Crippen LogP contribution in [0.4, 0.5) is 5.69 Å². The van der Waals surface area contributed by atoms with Gasteiger partial charge in [-0.1, -0.05) is 0 Å². The molecule has 0 aliphatic carbocycles. The average Bonchev–Trinajstić information content (AvgIpc) is 2.93. The first-order chi connectivity index (χ1) is 12.8. The standard InChI is InChI=1S/C18H21N2O6P/c1-4-27(26-18(2,3)11-12-21)19-14-7-5-13(6-8-14)17(24)25-20-15(22)9-10-16(20)23/h1,5-8,19,21H,9-12H2,2-3H3. The van der Waals surface area contributed by atoms with Gasteiger partial charge in [0.25, 0.3) is 11.8 Å². The van der Waals surface area contributed by atoms with Crippen LogP contribution in [0.5, 0.6) is 0 Å². The Balaban J connectivity index is 1.97. The fourth-order valence-corrected chi connectivity index (χ4v) is 3.37. The number of hydroxylamine groups is 2. The monoisotopic (exact) mass is 392 g/mol. The smallest absolute Gasteiger partial charge is 0.363 e. The zero-order valence-electron chi connectivity index (χ0n) is 15.1. The summed E-state index contributed by atoms with van der Waals surface area (Å²) in [7, 11) is -1.43. The molecule has 2 rings (SSSR count). The lowest BCUT2D eigenvalue weighted by atomic mass is 10.1. The van der Waals surface area contributed by atoms with Crippen LogP contribution in [-0.2, 0) is 19.0 Å². The number of benzene rings is 1. The van der Waals surface area contributed by atoms with E-state index in [-0.39, 0.29) is 25.0 Å². The quantitative estimate of drug-likeness (QED) is 0.398. The number of amides is 2. The second kappa shape index (κ2) is 8.96. The minimum absolute atomic E-state index is 0.0143. The summed E-state index contributed by atoms with van der Waals surface area (Å²) in [6, 6.07) is 6.19. The molecule has 1 aromatic rings. The van der Waals surface area contributed by atoms with Gasteiger partial charge in [-0.15, -0.1) is 11.5 Å². The molecule has 0 bridgehead atoms. The number of rotatable bonds is 8. The first-order valence-electron chi connectivity index (χ1n) is 8.27. The molecule has 8 nitrogen and oxygen atoms in total. The zero-order chi connectivity index (χ0) is 20.0. The summed E-state index contributed by atoms with van der Waals surface area (Å²) in [5.74, 6) is -1.87. The van der Waals surface area contributed by atoms with Gasteiger partial charge in [0.05, 0.1) is 11.2 Å². The zero-order valence-corrected chi connectivity index (χ0v) is 16.0. The Morgan fingerprint density at radius 2 is 1.89 bits per heavy atom. The van der Waals surface area contributed by atoms with Crippen LogP contribution in [0.15, 0.2) is 24.3 Å². The van der Waals surface area contributed by atoms with Crippen LogP contribution < -0.4 is 5.09 Å². The van der Waals surface area contributed by atoms with Crippen molar-refractivity contribution in [2.75, 3.05) is 11.7 Å². The molecular formula is C18H21N2O6P. The van der Waals surface area contributed by atoms with Gasteiger partial charge in [-0.2, -0.15) is 0 Å². The van der Waals surface area contributed by atoms with E-state index in [9.17, 15) is 14.4 Å². The Hall–Kier alpha value is -2.46. The second-order valence-electron chi connectivity index (χ2n) is 6.40. The number of aliphatic hydroxyl groups is 1. The molecule has 9 heteroatoms. The van der Waals surface area contributed by atoms with Crippen LogP contribution >= 0.6 is 8.30 Å². The summed E-state index contributed by atoms with van der Waals surface area (Å²) in [4.78, 5) is 39.9. The number of nitrogens with zero attached hydrogens (tertiary/aromatic N) is 1. The lowest BCUT2D eigenvalue weighted by Gasteiger charge is -2.27. The van der Waals surface area contributed by atoms with E-state index >= 15 is 0 Å². The predicted molar refractivity (Wildman–Crippen MR) is 99.2 cm³/mol. The van der Waals surface area contributed by atoms with E-state index in [1.807, 2.05) is 13.8 Å². The van der Waals surface area contributed by atoms with Crippen LogP contribution in [0.25, 0.3) is 0 Å². The fourth-order valence-electron chi connectivity index (χ4n) is 2.24. The van der Waals surface area contributed by atoms with Crippen LogP contribution in [0.2, 0.25) is 0 Å². The van der Waals surface area contributed by atoms with E-state index in [1.165, 1.54) is 12.1 Å². The van der Waals surface area contributed by atoms with Crippen LogP contribution in [0.1, 0.15) is 43.5 Å². The minimum Gasteiger partial charge on any atom is -0.396 e. The Bertz CT molecular complexity index is 740. The Labute approximate surface area is 158 Å². The number of hydrogen-bond donors (Lipinski definition) is 2. The first kappa shape index (κ1) is 20.8. The van der Waals surface area contributed by atoms with Crippen molar-refractivity contribution < 1.29 is 28.9 Å². The van der Waals surface area contributed by atoms with Gasteiger partial charge in [0.2, 0.25) is 8.30 Å². The predicted octanol–water partition coefficient (Wildman–Crippen LogP) is 2.40. The molecule has 1 unspecified atom stereocenters. The molecule has 1 aliphatic rings. The van der Waals surface area contributed by atoms with Gasteiger partial charge in [0.15, 0.2) is 0 Å². The van der Waals surface area contributed by atoms with Crippen molar-refractivity contribution in [2.45, 2.75) is 38.7 Å². The number of carbonyl (C=O) groups is 3. The number of carbonyl (C=O) groups excluding carboxylic acids is 3. The second-order valence-corrected chi connectivity index (χ2v) is 7.65. The van der Waals surface area contributed by atoms with Gasteiger partial charge >= 0.3 is 5.97 Å². The highest BCUT2D eigenvalue weighted by atomic mass is 31.2. The summed E-state index contributed by atoms with van der Waals surface area (Å²) >= 11 is 0. The molecule has 0 radical (unpaired) electrons. The molecule has 0 spiro atoms. The molecule has 1 heterocycles. The Morgan fingerprint density at radius 3 is 2.41 bits per heavy atom. The van der Waals surface area contributed by atoms with Crippen molar-refractivity contribution in [2.24, 2.45) is 0 Å². The van der Waals surface area contributed by atoms with Gasteiger partial charge in [0.1, 0.15) is 0 Å². The highest BCUT2D eigenvalue weighted by Gasteiger charge is 2.33. The lowest BCUT2D eigenvalue weighted by Crippen LogP contribution is -2.32. The van der Waals surface area contributed by atoms with Crippen molar-refractivity contribution in [1.82, 2.24) is 5.06 Å². The largest absolute Gasteiger partial charge is 0.396 e. The normalized spacial score (nSPS) is 15.4. The van der Waals surface area contributed by atoms with Crippen molar-refractivity contribution in [1.29, 1.82) is 0 Å². The number of anilines is 1. The first-order valence-corrected chi connectivity index (χ1v) is 9.53. The minimum atomic E-state index is -1.43. The summed E-state index contributed by atoms with van der Waals surface area (Å²) in [6.45, 7) is 3.65. The third kappa shape index (κ3) is 5.76. The SMILES string of the molecule is C#CP(Nc1ccc(C(=O)ON2C(=O)CCC2=O)cc1)OC(C)(C)CCO. The lowest BCUT2D eigenvalue weighted by molar-refractivity contribution is -0.172. The number of hydrogen-bond acceptors (Lipinski definition) is 7. The third-order valence-corrected chi connectivity index (χ3v) is 5.07. The molecular weight excluding hydrogens is 371 g/mol. The number of nitrogens with one attached hydrogen (secondary N) is 1. The molecule has 1 saturated heterocycles. The maximum absolute atomic E-state index is 12.1. The average molecular weight is 392 g/mol. The molecule has 1 atom stereocenters. The van der Waals surface area contributed by atoms with Gasteiger partial charge in [-0.25, -0.2) is 4.79 Å². The molecule has 1 aromatic carbocycles. The van der Waals surface area contributed by atoms with Gasteiger partial charge in [-0.05, 0) is 50.2 Å². The molecule has 0 aromatic heterocycles. The molecule has 2 N–H and O–H groups in total. The molecule has 1 fully saturated rings. The van der Waals surface area contributed by atoms with Gasteiger partial charge in [-0.3, -0.25) is 9.59 Å². The van der Waals surface area contributed by atoms with Crippen LogP contribution in [0, 0.1) is 12.1 Å². The maximum Gasteiger partial charge on any atom is 0.363 e. The van der Waals surface area contributed by atoms with Gasteiger partial charge < -0.3 is 19.6 Å². The Morgan fingerprint density at radius 1 is 1.30 bits per heavy atom. The van der Waals surface area contributed by atoms with E-state index in [0.29, 0.717) is 17.2 Å². The summed E-state index contributed by atoms with van der Waals surface area (Å²) in [5, 5.41) is 12.6. The number of aliphatic hydroxyl groups excluding tert-OH is 1. The maximum atomic E-state index is 12.1. The Kier molecular flexibility index (Phi) is 6.92. The summed E-state index contributed by atoms with van der Waals surface area (Å²) < 4.78 is 5.81. The molecule has 1 aliphatic heterocycles. The molecule has 27 heavy (non-hydrogen) atoms. The molecule has 144 valence electrons. The number of imide groups is 1. The summed E-state index contributed by atoms with van der Waals surface area (Å²) in [5.41, 5.74) is 2.76. The molecule has 0 saturated carbocycles.